The maximum atomic E-state index is 8.00. The van der Waals surface area contributed by atoms with Crippen LogP contribution in [-0.2, 0) is 4.79 Å². The summed E-state index contributed by atoms with van der Waals surface area (Å²) in [5.41, 5.74) is 6.07. The van der Waals surface area contributed by atoms with Crippen molar-refractivity contribution in [1.82, 2.24) is 4.57 Å². The Morgan fingerprint density at radius 1 is 0.840 bits per heavy atom. The lowest BCUT2D eigenvalue weighted by Gasteiger charge is -2.13. The average molecular weight is 339 g/mol. The van der Waals surface area contributed by atoms with E-state index in [0.717, 1.165) is 12.9 Å². The zero-order valence-corrected chi connectivity index (χ0v) is 15.2. The molecule has 4 heteroatoms. The van der Waals surface area contributed by atoms with Gasteiger partial charge in [-0.2, -0.15) is 0 Å². The predicted octanol–water partition coefficient (Wildman–Crippen LogP) is 4.19. The molecule has 1 N–H and O–H groups in total. The van der Waals surface area contributed by atoms with Gasteiger partial charge >= 0.3 is 0 Å². The van der Waals surface area contributed by atoms with Gasteiger partial charge in [0.2, 0.25) is 0 Å². The van der Waals surface area contributed by atoms with Crippen LogP contribution in [0.15, 0.2) is 60.7 Å². The van der Waals surface area contributed by atoms with Crippen LogP contribution >= 0.6 is 0 Å². The summed E-state index contributed by atoms with van der Waals surface area (Å²) in [5, 5.41) is 7.00. The Bertz CT molecular complexity index is 759. The molecule has 0 fully saturated rings. The summed E-state index contributed by atoms with van der Waals surface area (Å²) in [6.45, 7) is 6.24. The lowest BCUT2D eigenvalue weighted by Crippen LogP contribution is -1.98. The normalized spacial score (nSPS) is 9.32. The van der Waals surface area contributed by atoms with Crippen molar-refractivity contribution >= 4 is 6.79 Å². The van der Waals surface area contributed by atoms with E-state index in [9.17, 15) is 0 Å². The number of aliphatic hydroxyl groups excluding tert-OH is 1. The maximum absolute atomic E-state index is 8.00. The van der Waals surface area contributed by atoms with Gasteiger partial charge in [0, 0.05) is 18.5 Å². The van der Waals surface area contributed by atoms with Crippen molar-refractivity contribution in [1.29, 1.82) is 0 Å². The van der Waals surface area contributed by atoms with Crippen LogP contribution in [0.3, 0.4) is 0 Å². The van der Waals surface area contributed by atoms with Gasteiger partial charge in [-0.05, 0) is 67.9 Å². The predicted molar refractivity (Wildman–Crippen MR) is 102 cm³/mol. The molecule has 2 aromatic carbocycles. The zero-order valence-electron chi connectivity index (χ0n) is 15.2. The van der Waals surface area contributed by atoms with Gasteiger partial charge in [0.1, 0.15) is 12.5 Å². The number of aliphatic hydroxyl groups is 1. The number of aromatic nitrogens is 1. The summed E-state index contributed by atoms with van der Waals surface area (Å²) < 4.78 is 7.51. The van der Waals surface area contributed by atoms with E-state index < -0.39 is 0 Å². The standard InChI is InChI=1S/C19H19NO.CH4O.CH2O/c1-14-4-9-17(10-5-14)20-15(2)6-13-19(20)16-7-11-18(21-3)12-8-16;2*1-2/h4-13H,1-3H3;2H,1H3;1H2. The van der Waals surface area contributed by atoms with Crippen molar-refractivity contribution in [3.63, 3.8) is 0 Å². The fourth-order valence-corrected chi connectivity index (χ4v) is 2.56. The lowest BCUT2D eigenvalue weighted by molar-refractivity contribution is -0.0979. The molecule has 0 spiro atoms. The van der Waals surface area contributed by atoms with E-state index in [1.807, 2.05) is 18.9 Å². The topological polar surface area (TPSA) is 51.5 Å². The quantitative estimate of drug-likeness (QED) is 0.778. The largest absolute Gasteiger partial charge is 0.497 e. The average Bonchev–Trinajstić information content (AvgIpc) is 3.07. The van der Waals surface area contributed by atoms with Gasteiger partial charge in [-0.15, -0.1) is 0 Å². The van der Waals surface area contributed by atoms with Crippen LogP contribution in [0.2, 0.25) is 0 Å². The van der Waals surface area contributed by atoms with Gasteiger partial charge in [-0.25, -0.2) is 0 Å². The number of hydrogen-bond acceptors (Lipinski definition) is 3. The van der Waals surface area contributed by atoms with E-state index in [1.54, 1.807) is 7.11 Å². The Morgan fingerprint density at radius 3 is 1.92 bits per heavy atom. The maximum Gasteiger partial charge on any atom is 0.118 e. The third kappa shape index (κ3) is 4.81. The lowest BCUT2D eigenvalue weighted by atomic mass is 10.1. The minimum absolute atomic E-state index is 0.879. The van der Waals surface area contributed by atoms with Crippen molar-refractivity contribution < 1.29 is 14.6 Å². The summed E-state index contributed by atoms with van der Waals surface area (Å²) in [6, 6.07) is 21.1. The SMILES string of the molecule is C=O.CO.COc1ccc(-c2ccc(C)n2-c2ccc(C)cc2)cc1. The molecule has 1 aromatic heterocycles. The Kier molecular flexibility index (Phi) is 8.16. The van der Waals surface area contributed by atoms with Crippen LogP contribution in [0, 0.1) is 13.8 Å². The summed E-state index contributed by atoms with van der Waals surface area (Å²) in [5.74, 6) is 0.879. The molecule has 0 aliphatic rings. The van der Waals surface area contributed by atoms with Gasteiger partial charge < -0.3 is 19.2 Å². The smallest absolute Gasteiger partial charge is 0.118 e. The number of rotatable bonds is 3. The van der Waals surface area contributed by atoms with E-state index in [-0.39, 0.29) is 0 Å². The molecule has 25 heavy (non-hydrogen) atoms. The second-order valence-electron chi connectivity index (χ2n) is 5.26. The fraction of sp³-hybridized carbons (Fsp3) is 0.190. The second kappa shape index (κ2) is 10.1. The molecule has 0 atom stereocenters. The van der Waals surface area contributed by atoms with Gasteiger partial charge in [0.25, 0.3) is 0 Å². The first-order chi connectivity index (χ1) is 12.2. The minimum atomic E-state index is 0.879. The van der Waals surface area contributed by atoms with Crippen molar-refractivity contribution in [3.8, 4) is 22.7 Å². The van der Waals surface area contributed by atoms with Crippen molar-refractivity contribution in [2.24, 2.45) is 0 Å². The van der Waals surface area contributed by atoms with Crippen LogP contribution in [0.1, 0.15) is 11.3 Å². The van der Waals surface area contributed by atoms with E-state index >= 15 is 0 Å². The molecule has 0 bridgehead atoms. The molecule has 0 unspecified atom stereocenters. The highest BCUT2D eigenvalue weighted by molar-refractivity contribution is 5.65. The van der Waals surface area contributed by atoms with Crippen LogP contribution in [0.25, 0.3) is 16.9 Å². The summed E-state index contributed by atoms with van der Waals surface area (Å²) in [4.78, 5) is 8.00. The first-order valence-electron chi connectivity index (χ1n) is 7.82. The van der Waals surface area contributed by atoms with Gasteiger partial charge in [0.05, 0.1) is 12.8 Å². The Morgan fingerprint density at radius 2 is 1.40 bits per heavy atom. The van der Waals surface area contributed by atoms with Gasteiger partial charge in [-0.1, -0.05) is 17.7 Å². The van der Waals surface area contributed by atoms with Gasteiger partial charge in [-0.3, -0.25) is 0 Å². The molecule has 0 saturated carbocycles. The molecule has 3 aromatic rings. The molecule has 0 saturated heterocycles. The zero-order chi connectivity index (χ0) is 18.8. The Hall–Kier alpha value is -2.85. The van der Waals surface area contributed by atoms with E-state index in [1.165, 1.54) is 28.2 Å². The highest BCUT2D eigenvalue weighted by Crippen LogP contribution is 2.28. The Balaban J connectivity index is 0.000000730. The first-order valence-corrected chi connectivity index (χ1v) is 7.82. The van der Waals surface area contributed by atoms with Crippen LogP contribution < -0.4 is 4.74 Å². The highest BCUT2D eigenvalue weighted by Gasteiger charge is 2.09. The van der Waals surface area contributed by atoms with E-state index in [4.69, 9.17) is 14.6 Å². The molecule has 4 nitrogen and oxygen atoms in total. The molecular formula is C21H25NO3. The molecule has 0 amide bonds. The number of hydrogen-bond donors (Lipinski definition) is 1. The first kappa shape index (κ1) is 20.2. The highest BCUT2D eigenvalue weighted by atomic mass is 16.5. The number of carbonyl (C=O) groups is 1. The molecule has 132 valence electrons. The van der Waals surface area contributed by atoms with Crippen LogP contribution in [0.4, 0.5) is 0 Å². The van der Waals surface area contributed by atoms with Crippen LogP contribution in [-0.4, -0.2) is 30.7 Å². The monoisotopic (exact) mass is 339 g/mol. The number of aryl methyl sites for hydroxylation is 2. The molecule has 1 heterocycles. The number of ether oxygens (including phenoxy) is 1. The molecule has 0 aliphatic carbocycles. The summed E-state index contributed by atoms with van der Waals surface area (Å²) in [7, 11) is 2.69. The van der Waals surface area contributed by atoms with Crippen molar-refractivity contribution in [2.75, 3.05) is 14.2 Å². The third-order valence-electron chi connectivity index (χ3n) is 3.75. The molecule has 0 aliphatic heterocycles. The molecular weight excluding hydrogens is 314 g/mol. The van der Waals surface area contributed by atoms with Crippen LogP contribution in [0.5, 0.6) is 5.75 Å². The minimum Gasteiger partial charge on any atom is -0.497 e. The van der Waals surface area contributed by atoms with Gasteiger partial charge in [0.15, 0.2) is 0 Å². The Labute approximate surface area is 149 Å². The number of benzene rings is 2. The molecule has 3 rings (SSSR count). The number of carbonyl (C=O) groups excluding carboxylic acids is 1. The summed E-state index contributed by atoms with van der Waals surface area (Å²) >= 11 is 0. The fourth-order valence-electron chi connectivity index (χ4n) is 2.56. The number of nitrogens with zero attached hydrogens (tertiary/aromatic N) is 1. The van der Waals surface area contributed by atoms with Crippen molar-refractivity contribution in [2.45, 2.75) is 13.8 Å². The summed E-state index contributed by atoms with van der Waals surface area (Å²) in [6.07, 6.45) is 0. The number of methoxy groups -OCH3 is 1. The van der Waals surface area contributed by atoms with E-state index in [2.05, 4.69) is 66.9 Å². The van der Waals surface area contributed by atoms with Crippen molar-refractivity contribution in [3.05, 3.63) is 71.9 Å². The molecule has 0 radical (unpaired) electrons. The van der Waals surface area contributed by atoms with E-state index in [0.29, 0.717) is 0 Å². The second-order valence-corrected chi connectivity index (χ2v) is 5.26. The third-order valence-corrected chi connectivity index (χ3v) is 3.75.